The minimum Gasteiger partial charge on any atom is -0.349 e. The van der Waals surface area contributed by atoms with Crippen molar-refractivity contribution in [3.05, 3.63) is 156 Å². The second-order valence-corrected chi connectivity index (χ2v) is 9.18. The number of benzene rings is 4. The molecule has 0 N–H and O–H groups in total. The highest BCUT2D eigenvalue weighted by atomic mass is 15.2. The van der Waals surface area contributed by atoms with Gasteiger partial charge >= 0.3 is 0 Å². The predicted octanol–water partition coefficient (Wildman–Crippen LogP) is 7.89. The van der Waals surface area contributed by atoms with Crippen LogP contribution in [0.1, 0.15) is 22.9 Å². The maximum Gasteiger partial charge on any atom is 0.147 e. The van der Waals surface area contributed by atoms with Crippen molar-refractivity contribution in [1.29, 1.82) is 0 Å². The fraction of sp³-hybridized carbons (Fsp3) is 0.0588. The molecule has 0 fully saturated rings. The third-order valence-corrected chi connectivity index (χ3v) is 6.78. The van der Waals surface area contributed by atoms with Crippen molar-refractivity contribution < 1.29 is 0 Å². The smallest absolute Gasteiger partial charge is 0.147 e. The molecule has 0 spiro atoms. The molecular weight excluding hydrogens is 450 g/mol. The van der Waals surface area contributed by atoms with Crippen LogP contribution in [0, 0.1) is 0 Å². The van der Waals surface area contributed by atoms with Crippen LogP contribution in [0.5, 0.6) is 0 Å². The molecule has 2 heterocycles. The van der Waals surface area contributed by atoms with E-state index < -0.39 is 0 Å². The first-order valence-electron chi connectivity index (χ1n) is 12.5. The quantitative estimate of drug-likeness (QED) is 0.257. The van der Waals surface area contributed by atoms with Gasteiger partial charge < -0.3 is 4.90 Å². The summed E-state index contributed by atoms with van der Waals surface area (Å²) >= 11 is 0. The number of allylic oxidation sites excluding steroid dienone is 1. The molecule has 0 amide bonds. The molecule has 0 saturated heterocycles. The summed E-state index contributed by atoms with van der Waals surface area (Å²) < 4.78 is 0. The summed E-state index contributed by atoms with van der Waals surface area (Å²) in [4.78, 5) is 12.0. The molecule has 178 valence electrons. The third-order valence-electron chi connectivity index (χ3n) is 6.78. The van der Waals surface area contributed by atoms with Gasteiger partial charge in [-0.25, -0.2) is 0 Å². The number of hydrogen-bond acceptors (Lipinski definition) is 3. The van der Waals surface area contributed by atoms with E-state index in [0.717, 1.165) is 33.8 Å². The van der Waals surface area contributed by atoms with E-state index in [1.807, 2.05) is 30.5 Å². The summed E-state index contributed by atoms with van der Waals surface area (Å²) in [5.74, 6) is 0. The minimum absolute atomic E-state index is 0.136. The van der Waals surface area contributed by atoms with Gasteiger partial charge in [0.25, 0.3) is 0 Å². The Morgan fingerprint density at radius 2 is 1.22 bits per heavy atom. The summed E-state index contributed by atoms with van der Waals surface area (Å²) in [6.07, 6.45) is 3.89. The van der Waals surface area contributed by atoms with Crippen LogP contribution in [-0.4, -0.2) is 22.6 Å². The molecule has 0 bridgehead atoms. The molecule has 6 rings (SSSR count). The molecular formula is C34H27N3. The highest BCUT2D eigenvalue weighted by molar-refractivity contribution is 6.13. The monoisotopic (exact) mass is 477 g/mol. The standard InChI is InChI=1S/C34H27N3/c1-37-33(28-13-6-3-7-14-28)24-32(26-11-4-2-5-12-26)36-34(37)30-16-10-15-29(23-30)25-18-20-27(21-19-25)31-17-8-9-22-35-31/h2-24,34H,1H3. The minimum atomic E-state index is -0.136. The van der Waals surface area contributed by atoms with Crippen molar-refractivity contribution in [2.45, 2.75) is 6.17 Å². The molecule has 37 heavy (non-hydrogen) atoms. The summed E-state index contributed by atoms with van der Waals surface area (Å²) in [6.45, 7) is 0. The lowest BCUT2D eigenvalue weighted by Crippen LogP contribution is -2.27. The number of aliphatic imine (C=N–C) groups is 1. The van der Waals surface area contributed by atoms with E-state index in [-0.39, 0.29) is 6.17 Å². The maximum absolute atomic E-state index is 5.23. The second-order valence-electron chi connectivity index (χ2n) is 9.18. The number of rotatable bonds is 5. The average molecular weight is 478 g/mol. The third kappa shape index (κ3) is 4.72. The van der Waals surface area contributed by atoms with Crippen LogP contribution in [0.4, 0.5) is 0 Å². The van der Waals surface area contributed by atoms with Gasteiger partial charge in [0.2, 0.25) is 0 Å². The molecule has 1 aliphatic heterocycles. The molecule has 0 saturated carbocycles. The predicted molar refractivity (Wildman–Crippen MR) is 153 cm³/mol. The van der Waals surface area contributed by atoms with Crippen molar-refractivity contribution in [3.63, 3.8) is 0 Å². The Bertz CT molecular complexity index is 1550. The van der Waals surface area contributed by atoms with Crippen LogP contribution >= 0.6 is 0 Å². The fourth-order valence-electron chi connectivity index (χ4n) is 4.83. The molecule has 1 unspecified atom stereocenters. The van der Waals surface area contributed by atoms with E-state index in [0.29, 0.717) is 0 Å². The second kappa shape index (κ2) is 10.1. The molecule has 1 aliphatic rings. The Balaban J connectivity index is 1.37. The van der Waals surface area contributed by atoms with Gasteiger partial charge in [-0.1, -0.05) is 109 Å². The van der Waals surface area contributed by atoms with Crippen LogP contribution in [0.2, 0.25) is 0 Å². The van der Waals surface area contributed by atoms with Crippen molar-refractivity contribution in [2.75, 3.05) is 7.05 Å². The Kier molecular flexibility index (Phi) is 6.18. The molecule has 4 aromatic carbocycles. The number of nitrogens with zero attached hydrogens (tertiary/aromatic N) is 3. The SMILES string of the molecule is CN1C(c2ccccc2)=CC(c2ccccc2)=NC1c1cccc(-c2ccc(-c3ccccn3)cc2)c1. The Morgan fingerprint density at radius 3 is 1.92 bits per heavy atom. The van der Waals surface area contributed by atoms with Gasteiger partial charge in [-0.3, -0.25) is 9.98 Å². The lowest BCUT2D eigenvalue weighted by Gasteiger charge is -2.34. The maximum atomic E-state index is 5.23. The van der Waals surface area contributed by atoms with Gasteiger partial charge in [-0.05, 0) is 52.1 Å². The molecule has 3 nitrogen and oxygen atoms in total. The van der Waals surface area contributed by atoms with Gasteiger partial charge in [-0.2, -0.15) is 0 Å². The fourth-order valence-corrected chi connectivity index (χ4v) is 4.83. The first-order chi connectivity index (χ1) is 18.3. The summed E-state index contributed by atoms with van der Waals surface area (Å²) in [5, 5.41) is 0. The van der Waals surface area contributed by atoms with Gasteiger partial charge in [0.05, 0.1) is 11.4 Å². The first-order valence-corrected chi connectivity index (χ1v) is 12.5. The van der Waals surface area contributed by atoms with Crippen molar-refractivity contribution >= 4 is 11.4 Å². The summed E-state index contributed by atoms with van der Waals surface area (Å²) in [7, 11) is 2.13. The van der Waals surface area contributed by atoms with Gasteiger partial charge in [0.15, 0.2) is 0 Å². The zero-order valence-electron chi connectivity index (χ0n) is 20.7. The summed E-state index contributed by atoms with van der Waals surface area (Å²) in [6, 6.07) is 44.3. The largest absolute Gasteiger partial charge is 0.349 e. The molecule has 5 aromatic rings. The molecule has 3 heteroatoms. The lowest BCUT2D eigenvalue weighted by atomic mass is 9.97. The van der Waals surface area contributed by atoms with Gasteiger partial charge in [0.1, 0.15) is 6.17 Å². The Labute approximate surface area is 218 Å². The van der Waals surface area contributed by atoms with Crippen LogP contribution in [-0.2, 0) is 0 Å². The number of hydrogen-bond donors (Lipinski definition) is 0. The molecule has 0 radical (unpaired) electrons. The Hall–Kier alpha value is -4.76. The van der Waals surface area contributed by atoms with Crippen molar-refractivity contribution in [2.24, 2.45) is 4.99 Å². The van der Waals surface area contributed by atoms with E-state index >= 15 is 0 Å². The van der Waals surface area contributed by atoms with E-state index in [1.54, 1.807) is 0 Å². The number of pyridine rings is 1. The van der Waals surface area contributed by atoms with E-state index in [1.165, 1.54) is 16.7 Å². The highest BCUT2D eigenvalue weighted by Gasteiger charge is 2.25. The highest BCUT2D eigenvalue weighted by Crippen LogP contribution is 2.36. The van der Waals surface area contributed by atoms with Gasteiger partial charge in [0, 0.05) is 24.5 Å². The molecule has 1 aromatic heterocycles. The lowest BCUT2D eigenvalue weighted by molar-refractivity contribution is 0.364. The average Bonchev–Trinajstić information content (AvgIpc) is 2.99. The van der Waals surface area contributed by atoms with Gasteiger partial charge in [-0.15, -0.1) is 0 Å². The van der Waals surface area contributed by atoms with Crippen molar-refractivity contribution in [3.8, 4) is 22.4 Å². The zero-order chi connectivity index (χ0) is 25.0. The zero-order valence-corrected chi connectivity index (χ0v) is 20.7. The molecule has 1 atom stereocenters. The van der Waals surface area contributed by atoms with Crippen LogP contribution in [0.15, 0.2) is 145 Å². The van der Waals surface area contributed by atoms with E-state index in [9.17, 15) is 0 Å². The van der Waals surface area contributed by atoms with E-state index in [4.69, 9.17) is 4.99 Å². The number of aromatic nitrogens is 1. The topological polar surface area (TPSA) is 28.5 Å². The van der Waals surface area contributed by atoms with Crippen LogP contribution in [0.25, 0.3) is 28.1 Å². The van der Waals surface area contributed by atoms with Crippen LogP contribution < -0.4 is 0 Å². The van der Waals surface area contributed by atoms with E-state index in [2.05, 4.69) is 126 Å². The van der Waals surface area contributed by atoms with Crippen LogP contribution in [0.3, 0.4) is 0 Å². The Morgan fingerprint density at radius 1 is 0.568 bits per heavy atom. The first kappa shape index (κ1) is 22.7. The summed E-state index contributed by atoms with van der Waals surface area (Å²) in [5.41, 5.74) is 10.0. The van der Waals surface area contributed by atoms with Crippen molar-refractivity contribution in [1.82, 2.24) is 9.88 Å². The normalized spacial score (nSPS) is 15.2. The molecule has 0 aliphatic carbocycles.